The van der Waals surface area contributed by atoms with Crippen LogP contribution in [0.15, 0.2) is 42.6 Å². The Labute approximate surface area is 131 Å². The Morgan fingerprint density at radius 2 is 1.90 bits per heavy atom. The van der Waals surface area contributed by atoms with E-state index in [-0.39, 0.29) is 11.6 Å². The van der Waals surface area contributed by atoms with Crippen LogP contribution < -0.4 is 10.6 Å². The third-order valence-electron chi connectivity index (χ3n) is 2.54. The van der Waals surface area contributed by atoms with Crippen LogP contribution in [-0.2, 0) is 16.1 Å². The minimum Gasteiger partial charge on any atom is -0.342 e. The number of halogens is 2. The number of aromatic nitrogens is 1. The number of rotatable bonds is 3. The average Bonchev–Trinajstić information content (AvgIpc) is 2.48. The molecule has 0 saturated carbocycles. The van der Waals surface area contributed by atoms with Crippen molar-refractivity contribution in [1.82, 2.24) is 10.3 Å². The molecule has 0 aliphatic heterocycles. The maximum atomic E-state index is 11.7. The maximum absolute atomic E-state index is 11.7. The molecule has 1 aromatic heterocycles. The topological polar surface area (TPSA) is 71.1 Å². The third-order valence-corrected chi connectivity index (χ3v) is 3.09. The van der Waals surface area contributed by atoms with Gasteiger partial charge < -0.3 is 10.6 Å². The number of pyridine rings is 1. The molecule has 0 atom stereocenters. The minimum atomic E-state index is -0.810. The molecule has 2 N–H and O–H groups in total. The molecule has 1 aromatic carbocycles. The largest absolute Gasteiger partial charge is 0.342 e. The van der Waals surface area contributed by atoms with Gasteiger partial charge in [0, 0.05) is 11.2 Å². The highest BCUT2D eigenvalue weighted by Gasteiger charge is 2.15. The van der Waals surface area contributed by atoms with Crippen LogP contribution in [0.2, 0.25) is 10.0 Å². The number of amides is 2. The van der Waals surface area contributed by atoms with Gasteiger partial charge in [0.1, 0.15) is 0 Å². The molecule has 0 saturated heterocycles. The number of nitrogens with one attached hydrogen (secondary N) is 2. The Kier molecular flexibility index (Phi) is 5.14. The molecule has 21 heavy (non-hydrogen) atoms. The lowest BCUT2D eigenvalue weighted by molar-refractivity contribution is -0.136. The molecular weight excluding hydrogens is 313 g/mol. The predicted octanol–water partition coefficient (Wildman–Crippen LogP) is 2.64. The van der Waals surface area contributed by atoms with Crippen molar-refractivity contribution in [3.63, 3.8) is 0 Å². The average molecular weight is 324 g/mol. The smallest absolute Gasteiger partial charge is 0.313 e. The highest BCUT2D eigenvalue weighted by Crippen LogP contribution is 2.25. The van der Waals surface area contributed by atoms with E-state index < -0.39 is 11.8 Å². The van der Waals surface area contributed by atoms with E-state index in [9.17, 15) is 9.59 Å². The summed E-state index contributed by atoms with van der Waals surface area (Å²) in [4.78, 5) is 27.5. The summed E-state index contributed by atoms with van der Waals surface area (Å²) in [5.41, 5.74) is 0.974. The molecule has 108 valence electrons. The molecule has 2 amide bonds. The number of carbonyl (C=O) groups is 2. The molecule has 0 unspecified atom stereocenters. The molecule has 2 aromatic rings. The van der Waals surface area contributed by atoms with Crippen molar-refractivity contribution < 1.29 is 9.59 Å². The van der Waals surface area contributed by atoms with Crippen LogP contribution in [-0.4, -0.2) is 16.8 Å². The van der Waals surface area contributed by atoms with E-state index in [0.29, 0.717) is 16.4 Å². The SMILES string of the molecule is O=C(NCc1ccccn1)C(=O)Nc1ccc(Cl)cc1Cl. The summed E-state index contributed by atoms with van der Waals surface area (Å²) in [5, 5.41) is 5.58. The summed E-state index contributed by atoms with van der Waals surface area (Å²) in [6, 6.07) is 9.87. The van der Waals surface area contributed by atoms with E-state index in [1.807, 2.05) is 0 Å². The molecule has 1 heterocycles. The fourth-order valence-corrected chi connectivity index (χ4v) is 1.98. The molecule has 5 nitrogen and oxygen atoms in total. The van der Waals surface area contributed by atoms with Gasteiger partial charge in [0.05, 0.1) is 22.9 Å². The van der Waals surface area contributed by atoms with Gasteiger partial charge in [-0.15, -0.1) is 0 Å². The summed E-state index contributed by atoms with van der Waals surface area (Å²) in [6.45, 7) is 0.168. The van der Waals surface area contributed by atoms with Gasteiger partial charge in [-0.1, -0.05) is 29.3 Å². The molecule has 7 heteroatoms. The van der Waals surface area contributed by atoms with Gasteiger partial charge in [0.2, 0.25) is 0 Å². The second-order valence-electron chi connectivity index (χ2n) is 4.08. The van der Waals surface area contributed by atoms with E-state index in [1.54, 1.807) is 30.5 Å². The zero-order chi connectivity index (χ0) is 15.2. The van der Waals surface area contributed by atoms with Crippen molar-refractivity contribution in [3.8, 4) is 0 Å². The van der Waals surface area contributed by atoms with Crippen molar-refractivity contribution >= 4 is 40.7 Å². The first-order chi connectivity index (χ1) is 10.1. The van der Waals surface area contributed by atoms with Crippen molar-refractivity contribution in [2.75, 3.05) is 5.32 Å². The van der Waals surface area contributed by atoms with Gasteiger partial charge in [-0.25, -0.2) is 0 Å². The van der Waals surface area contributed by atoms with Gasteiger partial charge in [0.15, 0.2) is 0 Å². The summed E-state index contributed by atoms with van der Waals surface area (Å²) in [6.07, 6.45) is 1.61. The Morgan fingerprint density at radius 1 is 1.10 bits per heavy atom. The molecule has 0 radical (unpaired) electrons. The number of hydrogen-bond acceptors (Lipinski definition) is 3. The number of hydrogen-bond donors (Lipinski definition) is 2. The fourth-order valence-electron chi connectivity index (χ4n) is 1.52. The standard InChI is InChI=1S/C14H11Cl2N3O2/c15-9-4-5-12(11(16)7-9)19-14(21)13(20)18-8-10-3-1-2-6-17-10/h1-7H,8H2,(H,18,20)(H,19,21). The Bertz CT molecular complexity index is 663. The summed E-state index contributed by atoms with van der Waals surface area (Å²) in [5.74, 6) is -1.58. The minimum absolute atomic E-state index is 0.168. The highest BCUT2D eigenvalue weighted by molar-refractivity contribution is 6.42. The Hall–Kier alpha value is -2.11. The van der Waals surface area contributed by atoms with Crippen molar-refractivity contribution in [2.45, 2.75) is 6.54 Å². The van der Waals surface area contributed by atoms with Crippen LogP contribution in [0.1, 0.15) is 5.69 Å². The van der Waals surface area contributed by atoms with Crippen LogP contribution in [0.25, 0.3) is 0 Å². The summed E-state index contributed by atoms with van der Waals surface area (Å²) in [7, 11) is 0. The van der Waals surface area contributed by atoms with E-state index in [2.05, 4.69) is 15.6 Å². The summed E-state index contributed by atoms with van der Waals surface area (Å²) >= 11 is 11.7. The van der Waals surface area contributed by atoms with Gasteiger partial charge >= 0.3 is 11.8 Å². The van der Waals surface area contributed by atoms with Crippen LogP contribution >= 0.6 is 23.2 Å². The first-order valence-electron chi connectivity index (χ1n) is 6.00. The van der Waals surface area contributed by atoms with Gasteiger partial charge in [-0.05, 0) is 30.3 Å². The second kappa shape index (κ2) is 7.06. The van der Waals surface area contributed by atoms with Gasteiger partial charge in [-0.3, -0.25) is 14.6 Å². The van der Waals surface area contributed by atoms with E-state index in [0.717, 1.165) is 0 Å². The lowest BCUT2D eigenvalue weighted by Gasteiger charge is -2.08. The number of anilines is 1. The quantitative estimate of drug-likeness (QED) is 0.853. The van der Waals surface area contributed by atoms with Crippen molar-refractivity contribution in [1.29, 1.82) is 0 Å². The normalized spacial score (nSPS) is 10.0. The first kappa shape index (κ1) is 15.3. The molecule has 0 aliphatic carbocycles. The van der Waals surface area contributed by atoms with Crippen LogP contribution in [0.3, 0.4) is 0 Å². The van der Waals surface area contributed by atoms with Crippen molar-refractivity contribution in [2.24, 2.45) is 0 Å². The molecule has 0 fully saturated rings. The fraction of sp³-hybridized carbons (Fsp3) is 0.0714. The number of carbonyl (C=O) groups excluding carboxylic acids is 2. The second-order valence-corrected chi connectivity index (χ2v) is 4.93. The molecule has 0 aliphatic rings. The molecular formula is C14H11Cl2N3O2. The van der Waals surface area contributed by atoms with Crippen molar-refractivity contribution in [3.05, 3.63) is 58.3 Å². The van der Waals surface area contributed by atoms with E-state index in [1.165, 1.54) is 12.1 Å². The lowest BCUT2D eigenvalue weighted by Crippen LogP contribution is -2.35. The molecule has 2 rings (SSSR count). The van der Waals surface area contributed by atoms with Gasteiger partial charge in [0.25, 0.3) is 0 Å². The van der Waals surface area contributed by atoms with Gasteiger partial charge in [-0.2, -0.15) is 0 Å². The Balaban J connectivity index is 1.92. The number of nitrogens with zero attached hydrogens (tertiary/aromatic N) is 1. The van der Waals surface area contributed by atoms with E-state index >= 15 is 0 Å². The van der Waals surface area contributed by atoms with E-state index in [4.69, 9.17) is 23.2 Å². The zero-order valence-corrected chi connectivity index (χ0v) is 12.3. The monoisotopic (exact) mass is 323 g/mol. The Morgan fingerprint density at radius 3 is 2.57 bits per heavy atom. The molecule has 0 bridgehead atoms. The third kappa shape index (κ3) is 4.44. The maximum Gasteiger partial charge on any atom is 0.313 e. The number of benzene rings is 1. The highest BCUT2D eigenvalue weighted by atomic mass is 35.5. The van der Waals surface area contributed by atoms with Crippen LogP contribution in [0, 0.1) is 0 Å². The zero-order valence-electron chi connectivity index (χ0n) is 10.8. The first-order valence-corrected chi connectivity index (χ1v) is 6.76. The van der Waals surface area contributed by atoms with Crippen LogP contribution in [0.4, 0.5) is 5.69 Å². The molecule has 0 spiro atoms. The predicted molar refractivity (Wildman–Crippen MR) is 81.2 cm³/mol. The lowest BCUT2D eigenvalue weighted by atomic mass is 10.3. The van der Waals surface area contributed by atoms with Crippen LogP contribution in [0.5, 0.6) is 0 Å². The summed E-state index contributed by atoms with van der Waals surface area (Å²) < 4.78 is 0.